The van der Waals surface area contributed by atoms with Gasteiger partial charge in [0, 0.05) is 49.4 Å². The van der Waals surface area contributed by atoms with E-state index >= 15 is 0 Å². The Balaban J connectivity index is 0.00000220. The van der Waals surface area contributed by atoms with E-state index in [4.69, 9.17) is 4.99 Å². The summed E-state index contributed by atoms with van der Waals surface area (Å²) in [5.41, 5.74) is 1.15. The largest absolute Gasteiger partial charge is 0.357 e. The summed E-state index contributed by atoms with van der Waals surface area (Å²) >= 11 is 2.08. The molecule has 0 spiro atoms. The molecule has 0 bridgehead atoms. The van der Waals surface area contributed by atoms with Crippen LogP contribution in [0.5, 0.6) is 0 Å². The lowest BCUT2D eigenvalue weighted by molar-refractivity contribution is 0.408. The molecule has 5 nitrogen and oxygen atoms in total. The van der Waals surface area contributed by atoms with Crippen molar-refractivity contribution in [3.63, 3.8) is 0 Å². The molecule has 1 N–H and O–H groups in total. The van der Waals surface area contributed by atoms with E-state index in [1.165, 1.54) is 12.2 Å². The third-order valence-electron chi connectivity index (χ3n) is 3.40. The maximum Gasteiger partial charge on any atom is 0.194 e. The molecule has 1 aromatic heterocycles. The van der Waals surface area contributed by atoms with Gasteiger partial charge in [-0.1, -0.05) is 6.92 Å². The van der Waals surface area contributed by atoms with Crippen molar-refractivity contribution in [1.82, 2.24) is 20.0 Å². The summed E-state index contributed by atoms with van der Waals surface area (Å²) in [4.78, 5) is 7.15. The number of aryl methyl sites for hydroxylation is 1. The average Bonchev–Trinajstić information content (AvgIpc) is 2.89. The molecule has 1 unspecified atom stereocenters. The molecule has 120 valence electrons. The standard InChI is InChI=1S/C14H25N5S.HI/c1-4-13-11-19(6-7-20-13)14(15-5-2)16-8-12-9-17-18(3)10-12;/h9-10,13H,4-8,11H2,1-3H3,(H,15,16);1H. The minimum atomic E-state index is 0. The van der Waals surface area contributed by atoms with Crippen LogP contribution >= 0.6 is 35.7 Å². The Bertz CT molecular complexity index is 448. The first-order valence-corrected chi connectivity index (χ1v) is 8.40. The van der Waals surface area contributed by atoms with Crippen LogP contribution in [-0.4, -0.2) is 51.3 Å². The van der Waals surface area contributed by atoms with Gasteiger partial charge in [0.2, 0.25) is 0 Å². The molecular formula is C14H26IN5S. The van der Waals surface area contributed by atoms with E-state index < -0.39 is 0 Å². The number of rotatable bonds is 4. The van der Waals surface area contributed by atoms with E-state index in [1.807, 2.05) is 24.1 Å². The maximum atomic E-state index is 4.76. The molecule has 1 atom stereocenters. The Hall–Kier alpha value is -0.440. The fraction of sp³-hybridized carbons (Fsp3) is 0.714. The Kier molecular flexibility index (Phi) is 8.46. The van der Waals surface area contributed by atoms with Gasteiger partial charge in [-0.2, -0.15) is 16.9 Å². The third kappa shape index (κ3) is 5.69. The molecular weight excluding hydrogens is 397 g/mol. The topological polar surface area (TPSA) is 45.5 Å². The van der Waals surface area contributed by atoms with Crippen LogP contribution in [0, 0.1) is 0 Å². The minimum absolute atomic E-state index is 0. The highest BCUT2D eigenvalue weighted by atomic mass is 127. The van der Waals surface area contributed by atoms with Gasteiger partial charge >= 0.3 is 0 Å². The normalized spacial score (nSPS) is 19.3. The summed E-state index contributed by atoms with van der Waals surface area (Å²) in [6, 6.07) is 0. The fourth-order valence-electron chi connectivity index (χ4n) is 2.30. The van der Waals surface area contributed by atoms with Gasteiger partial charge in [0.25, 0.3) is 0 Å². The molecule has 0 radical (unpaired) electrons. The van der Waals surface area contributed by atoms with Crippen LogP contribution in [0.4, 0.5) is 0 Å². The summed E-state index contributed by atoms with van der Waals surface area (Å²) in [6.45, 7) is 8.17. The number of nitrogens with zero attached hydrogens (tertiary/aromatic N) is 4. The Morgan fingerprint density at radius 1 is 1.52 bits per heavy atom. The van der Waals surface area contributed by atoms with Crippen LogP contribution in [0.2, 0.25) is 0 Å². The van der Waals surface area contributed by atoms with Gasteiger partial charge < -0.3 is 10.2 Å². The van der Waals surface area contributed by atoms with E-state index in [0.717, 1.165) is 36.4 Å². The number of halogens is 1. The number of aromatic nitrogens is 2. The first-order chi connectivity index (χ1) is 9.72. The highest BCUT2D eigenvalue weighted by molar-refractivity contribution is 14.0. The number of aliphatic imine (C=N–C) groups is 1. The van der Waals surface area contributed by atoms with Crippen LogP contribution in [0.25, 0.3) is 0 Å². The highest BCUT2D eigenvalue weighted by Gasteiger charge is 2.21. The van der Waals surface area contributed by atoms with Gasteiger partial charge in [-0.15, -0.1) is 24.0 Å². The summed E-state index contributed by atoms with van der Waals surface area (Å²) in [7, 11) is 1.94. The van der Waals surface area contributed by atoms with Gasteiger partial charge in [0.15, 0.2) is 5.96 Å². The highest BCUT2D eigenvalue weighted by Crippen LogP contribution is 2.21. The molecule has 1 aliphatic heterocycles. The fourth-order valence-corrected chi connectivity index (χ4v) is 3.48. The smallest absolute Gasteiger partial charge is 0.194 e. The Morgan fingerprint density at radius 3 is 2.95 bits per heavy atom. The number of hydrogen-bond acceptors (Lipinski definition) is 3. The number of guanidine groups is 1. The predicted molar refractivity (Wildman–Crippen MR) is 102 cm³/mol. The van der Waals surface area contributed by atoms with Crippen molar-refractivity contribution in [2.45, 2.75) is 32.1 Å². The van der Waals surface area contributed by atoms with Crippen LogP contribution in [0.15, 0.2) is 17.4 Å². The van der Waals surface area contributed by atoms with Crippen molar-refractivity contribution >= 4 is 41.7 Å². The molecule has 0 aliphatic carbocycles. The van der Waals surface area contributed by atoms with Crippen LogP contribution in [-0.2, 0) is 13.6 Å². The van der Waals surface area contributed by atoms with Gasteiger partial charge in [0.1, 0.15) is 0 Å². The lowest BCUT2D eigenvalue weighted by Gasteiger charge is -2.34. The minimum Gasteiger partial charge on any atom is -0.357 e. The molecule has 21 heavy (non-hydrogen) atoms. The number of hydrogen-bond donors (Lipinski definition) is 1. The monoisotopic (exact) mass is 423 g/mol. The summed E-state index contributed by atoms with van der Waals surface area (Å²) < 4.78 is 1.82. The predicted octanol–water partition coefficient (Wildman–Crippen LogP) is 2.33. The molecule has 1 aromatic rings. The lowest BCUT2D eigenvalue weighted by atomic mass is 10.3. The quantitative estimate of drug-likeness (QED) is 0.459. The van der Waals surface area contributed by atoms with E-state index in [9.17, 15) is 0 Å². The zero-order valence-electron chi connectivity index (χ0n) is 13.1. The summed E-state index contributed by atoms with van der Waals surface area (Å²) in [5, 5.41) is 8.33. The van der Waals surface area contributed by atoms with Crippen molar-refractivity contribution in [2.24, 2.45) is 12.0 Å². The average molecular weight is 423 g/mol. The van der Waals surface area contributed by atoms with E-state index in [0.29, 0.717) is 6.54 Å². The summed E-state index contributed by atoms with van der Waals surface area (Å²) in [5.74, 6) is 2.23. The van der Waals surface area contributed by atoms with Crippen LogP contribution in [0.3, 0.4) is 0 Å². The Labute approximate surface area is 149 Å². The molecule has 0 saturated carbocycles. The van der Waals surface area contributed by atoms with Gasteiger partial charge in [-0.25, -0.2) is 4.99 Å². The number of nitrogens with one attached hydrogen (secondary N) is 1. The van der Waals surface area contributed by atoms with Crippen LogP contribution in [0.1, 0.15) is 25.8 Å². The van der Waals surface area contributed by atoms with Crippen molar-refractivity contribution in [2.75, 3.05) is 25.4 Å². The second-order valence-electron chi connectivity index (χ2n) is 5.04. The first-order valence-electron chi connectivity index (χ1n) is 7.35. The first kappa shape index (κ1) is 18.6. The number of thioether (sulfide) groups is 1. The molecule has 7 heteroatoms. The van der Waals surface area contributed by atoms with Gasteiger partial charge in [0.05, 0.1) is 12.7 Å². The summed E-state index contributed by atoms with van der Waals surface area (Å²) in [6.07, 6.45) is 5.13. The molecule has 2 rings (SSSR count). The molecule has 0 amide bonds. The third-order valence-corrected chi connectivity index (χ3v) is 4.77. The van der Waals surface area contributed by atoms with Crippen molar-refractivity contribution in [3.05, 3.63) is 18.0 Å². The van der Waals surface area contributed by atoms with E-state index in [-0.39, 0.29) is 24.0 Å². The second kappa shape index (κ2) is 9.55. The van der Waals surface area contributed by atoms with Crippen molar-refractivity contribution in [1.29, 1.82) is 0 Å². The van der Waals surface area contributed by atoms with Crippen molar-refractivity contribution in [3.8, 4) is 0 Å². The molecule has 1 saturated heterocycles. The molecule has 1 aliphatic rings. The molecule has 2 heterocycles. The zero-order valence-corrected chi connectivity index (χ0v) is 16.2. The maximum absolute atomic E-state index is 4.76. The molecule has 1 fully saturated rings. The molecule has 0 aromatic carbocycles. The second-order valence-corrected chi connectivity index (χ2v) is 6.45. The lowest BCUT2D eigenvalue weighted by Crippen LogP contribution is -2.47. The van der Waals surface area contributed by atoms with Crippen molar-refractivity contribution < 1.29 is 0 Å². The Morgan fingerprint density at radius 2 is 2.33 bits per heavy atom. The zero-order chi connectivity index (χ0) is 14.4. The van der Waals surface area contributed by atoms with Gasteiger partial charge in [-0.05, 0) is 13.3 Å². The van der Waals surface area contributed by atoms with Crippen LogP contribution < -0.4 is 5.32 Å². The van der Waals surface area contributed by atoms with E-state index in [1.54, 1.807) is 0 Å². The van der Waals surface area contributed by atoms with Gasteiger partial charge in [-0.3, -0.25) is 4.68 Å². The van der Waals surface area contributed by atoms with E-state index in [2.05, 4.69) is 40.9 Å². The SMILES string of the molecule is CCNC(=NCc1cnn(C)c1)N1CCSC(CC)C1.I.